The Labute approximate surface area is 124 Å². The van der Waals surface area contributed by atoms with Crippen LogP contribution in [0.15, 0.2) is 36.4 Å². The van der Waals surface area contributed by atoms with Crippen molar-refractivity contribution in [2.75, 3.05) is 7.11 Å². The van der Waals surface area contributed by atoms with Gasteiger partial charge in [0.15, 0.2) is 11.5 Å². The average molecular weight is 292 g/mol. The zero-order chi connectivity index (χ0) is 14.5. The number of nitrogens with two attached hydrogens (primary N) is 1. The Morgan fingerprint density at radius 2 is 1.90 bits per heavy atom. The molecule has 0 aliphatic rings. The molecule has 0 saturated carbocycles. The molecule has 0 spiro atoms. The molecule has 20 heavy (non-hydrogen) atoms. The van der Waals surface area contributed by atoms with E-state index in [9.17, 15) is 0 Å². The van der Waals surface area contributed by atoms with Gasteiger partial charge >= 0.3 is 0 Å². The van der Waals surface area contributed by atoms with Crippen molar-refractivity contribution in [2.24, 2.45) is 5.73 Å². The maximum atomic E-state index is 6.13. The number of ether oxygens (including phenoxy) is 2. The third kappa shape index (κ3) is 3.24. The Morgan fingerprint density at radius 3 is 2.50 bits per heavy atom. The van der Waals surface area contributed by atoms with Crippen LogP contribution in [0.5, 0.6) is 17.2 Å². The van der Waals surface area contributed by atoms with Gasteiger partial charge in [-0.2, -0.15) is 0 Å². The van der Waals surface area contributed by atoms with Crippen molar-refractivity contribution in [2.45, 2.75) is 19.9 Å². The number of hydrogen-bond acceptors (Lipinski definition) is 3. The molecular formula is C16H18ClNO2. The quantitative estimate of drug-likeness (QED) is 0.899. The van der Waals surface area contributed by atoms with Crippen molar-refractivity contribution < 1.29 is 9.47 Å². The normalized spacial score (nSPS) is 10.4. The molecule has 0 unspecified atom stereocenters. The van der Waals surface area contributed by atoms with E-state index in [0.717, 1.165) is 12.0 Å². The summed E-state index contributed by atoms with van der Waals surface area (Å²) < 4.78 is 11.2. The van der Waals surface area contributed by atoms with Gasteiger partial charge in [-0.15, -0.1) is 0 Å². The Kier molecular flexibility index (Phi) is 4.88. The summed E-state index contributed by atoms with van der Waals surface area (Å²) in [4.78, 5) is 0. The summed E-state index contributed by atoms with van der Waals surface area (Å²) in [5.41, 5.74) is 7.68. The largest absolute Gasteiger partial charge is 0.493 e. The molecule has 2 N–H and O–H groups in total. The zero-order valence-electron chi connectivity index (χ0n) is 11.7. The molecule has 0 bridgehead atoms. The molecule has 0 aromatic heterocycles. The van der Waals surface area contributed by atoms with Crippen LogP contribution < -0.4 is 15.2 Å². The molecule has 4 heteroatoms. The Morgan fingerprint density at radius 1 is 1.10 bits per heavy atom. The number of methoxy groups -OCH3 is 1. The highest BCUT2D eigenvalue weighted by molar-refractivity contribution is 6.31. The number of benzene rings is 2. The van der Waals surface area contributed by atoms with Gasteiger partial charge in [0.05, 0.1) is 7.11 Å². The molecule has 0 radical (unpaired) electrons. The van der Waals surface area contributed by atoms with Crippen molar-refractivity contribution in [3.05, 3.63) is 52.5 Å². The fourth-order valence-electron chi connectivity index (χ4n) is 1.90. The van der Waals surface area contributed by atoms with Crippen LogP contribution in [-0.4, -0.2) is 7.11 Å². The zero-order valence-corrected chi connectivity index (χ0v) is 12.4. The number of aryl methyl sites for hydroxylation is 1. The lowest BCUT2D eigenvalue weighted by atomic mass is 10.1. The molecule has 0 aliphatic heterocycles. The van der Waals surface area contributed by atoms with E-state index in [2.05, 4.69) is 6.92 Å². The summed E-state index contributed by atoms with van der Waals surface area (Å²) in [6.45, 7) is 2.51. The molecule has 0 atom stereocenters. The van der Waals surface area contributed by atoms with E-state index >= 15 is 0 Å². The minimum atomic E-state index is 0.410. The number of rotatable bonds is 5. The molecular weight excluding hydrogens is 274 g/mol. The molecule has 2 aromatic carbocycles. The van der Waals surface area contributed by atoms with E-state index in [-0.39, 0.29) is 0 Å². The van der Waals surface area contributed by atoms with E-state index in [0.29, 0.717) is 28.8 Å². The van der Waals surface area contributed by atoms with Crippen LogP contribution in [0.1, 0.15) is 18.1 Å². The third-order valence-corrected chi connectivity index (χ3v) is 3.46. The Hall–Kier alpha value is -1.71. The molecule has 3 nitrogen and oxygen atoms in total. The second-order valence-electron chi connectivity index (χ2n) is 4.40. The minimum Gasteiger partial charge on any atom is -0.493 e. The highest BCUT2D eigenvalue weighted by atomic mass is 35.5. The van der Waals surface area contributed by atoms with E-state index < -0.39 is 0 Å². The summed E-state index contributed by atoms with van der Waals surface area (Å²) in [5, 5.41) is 0.606. The fraction of sp³-hybridized carbons (Fsp3) is 0.250. The standard InChI is InChI=1S/C16H18ClNO2/c1-3-11-4-7-15(16(8-11)19-2)20-13-6-5-12(10-18)14(17)9-13/h4-9H,3,10,18H2,1-2H3. The molecule has 106 valence electrons. The lowest BCUT2D eigenvalue weighted by Gasteiger charge is -2.12. The Balaban J connectivity index is 2.27. The number of hydrogen-bond donors (Lipinski definition) is 1. The van der Waals surface area contributed by atoms with E-state index in [1.54, 1.807) is 13.2 Å². The third-order valence-electron chi connectivity index (χ3n) is 3.11. The predicted octanol–water partition coefficient (Wildman–Crippen LogP) is 4.16. The first-order valence-corrected chi connectivity index (χ1v) is 6.89. The summed E-state index contributed by atoms with van der Waals surface area (Å²) in [7, 11) is 1.63. The minimum absolute atomic E-state index is 0.410. The Bertz CT molecular complexity index is 599. The van der Waals surface area contributed by atoms with Gasteiger partial charge in [0.2, 0.25) is 0 Å². The molecule has 2 aromatic rings. The first-order chi connectivity index (χ1) is 9.67. The molecule has 2 rings (SSSR count). The van der Waals surface area contributed by atoms with Gasteiger partial charge in [-0.25, -0.2) is 0 Å². The van der Waals surface area contributed by atoms with E-state index in [1.807, 2.05) is 30.3 Å². The van der Waals surface area contributed by atoms with Gasteiger partial charge in [-0.1, -0.05) is 30.7 Å². The van der Waals surface area contributed by atoms with Crippen LogP contribution in [0.4, 0.5) is 0 Å². The van der Waals surface area contributed by atoms with Crippen LogP contribution in [-0.2, 0) is 13.0 Å². The van der Waals surface area contributed by atoms with Crippen LogP contribution >= 0.6 is 11.6 Å². The molecule has 0 heterocycles. The second kappa shape index (κ2) is 6.64. The summed E-state index contributed by atoms with van der Waals surface area (Å²) >= 11 is 6.13. The van der Waals surface area contributed by atoms with Crippen molar-refractivity contribution in [1.29, 1.82) is 0 Å². The van der Waals surface area contributed by atoms with Gasteiger partial charge in [0.1, 0.15) is 5.75 Å². The van der Waals surface area contributed by atoms with Crippen molar-refractivity contribution in [3.8, 4) is 17.2 Å². The molecule has 0 amide bonds. The second-order valence-corrected chi connectivity index (χ2v) is 4.81. The maximum absolute atomic E-state index is 6.13. The molecule has 0 saturated heterocycles. The van der Waals surface area contributed by atoms with Crippen molar-refractivity contribution >= 4 is 11.6 Å². The van der Waals surface area contributed by atoms with Gasteiger partial charge in [-0.05, 0) is 41.8 Å². The van der Waals surface area contributed by atoms with Crippen LogP contribution in [0, 0.1) is 0 Å². The van der Waals surface area contributed by atoms with Crippen LogP contribution in [0.3, 0.4) is 0 Å². The summed E-state index contributed by atoms with van der Waals surface area (Å²) in [6, 6.07) is 11.4. The molecule has 0 aliphatic carbocycles. The fourth-order valence-corrected chi connectivity index (χ4v) is 2.15. The molecule has 0 fully saturated rings. The first kappa shape index (κ1) is 14.7. The average Bonchev–Trinajstić information content (AvgIpc) is 2.48. The summed E-state index contributed by atoms with van der Waals surface area (Å²) in [5.74, 6) is 2.04. The van der Waals surface area contributed by atoms with Crippen molar-refractivity contribution in [1.82, 2.24) is 0 Å². The van der Waals surface area contributed by atoms with Crippen molar-refractivity contribution in [3.63, 3.8) is 0 Å². The van der Waals surface area contributed by atoms with Gasteiger partial charge < -0.3 is 15.2 Å². The SMILES string of the molecule is CCc1ccc(Oc2ccc(CN)c(Cl)c2)c(OC)c1. The number of halogens is 1. The lowest BCUT2D eigenvalue weighted by Crippen LogP contribution is -1.97. The van der Waals surface area contributed by atoms with E-state index in [4.69, 9.17) is 26.8 Å². The van der Waals surface area contributed by atoms with Crippen LogP contribution in [0.2, 0.25) is 5.02 Å². The van der Waals surface area contributed by atoms with Crippen LogP contribution in [0.25, 0.3) is 0 Å². The first-order valence-electron chi connectivity index (χ1n) is 6.51. The van der Waals surface area contributed by atoms with Gasteiger partial charge in [0, 0.05) is 11.6 Å². The monoisotopic (exact) mass is 291 g/mol. The lowest BCUT2D eigenvalue weighted by molar-refractivity contribution is 0.378. The highest BCUT2D eigenvalue weighted by Gasteiger charge is 2.08. The summed E-state index contributed by atoms with van der Waals surface area (Å²) in [6.07, 6.45) is 0.952. The predicted molar refractivity (Wildman–Crippen MR) is 81.8 cm³/mol. The van der Waals surface area contributed by atoms with Gasteiger partial charge in [-0.3, -0.25) is 0 Å². The smallest absolute Gasteiger partial charge is 0.169 e. The van der Waals surface area contributed by atoms with E-state index in [1.165, 1.54) is 5.56 Å². The maximum Gasteiger partial charge on any atom is 0.169 e. The topological polar surface area (TPSA) is 44.5 Å². The van der Waals surface area contributed by atoms with Gasteiger partial charge in [0.25, 0.3) is 0 Å². The highest BCUT2D eigenvalue weighted by Crippen LogP contribution is 2.33.